The predicted molar refractivity (Wildman–Crippen MR) is 81.3 cm³/mol. The van der Waals surface area contributed by atoms with Crippen molar-refractivity contribution >= 4 is 0 Å². The van der Waals surface area contributed by atoms with Crippen LogP contribution in [0.3, 0.4) is 0 Å². The van der Waals surface area contributed by atoms with Gasteiger partial charge in [0.15, 0.2) is 0 Å². The Morgan fingerprint density at radius 3 is 2.54 bits per heavy atom. The molecule has 1 unspecified atom stereocenters. The van der Waals surface area contributed by atoms with E-state index >= 15 is 0 Å². The minimum absolute atomic E-state index is 0.299. The quantitative estimate of drug-likeness (QED) is 0.775. The van der Waals surface area contributed by atoms with Crippen molar-refractivity contribution < 1.29 is 23.1 Å². The summed E-state index contributed by atoms with van der Waals surface area (Å²) in [5, 5.41) is 13.8. The Morgan fingerprint density at radius 1 is 1.17 bits per heavy atom. The third-order valence-corrected chi connectivity index (χ3v) is 3.36. The average molecular weight is 332 g/mol. The molecule has 0 spiro atoms. The van der Waals surface area contributed by atoms with E-state index in [4.69, 9.17) is 9.26 Å². The van der Waals surface area contributed by atoms with Crippen LogP contribution in [0, 0.1) is 18.6 Å². The van der Waals surface area contributed by atoms with Gasteiger partial charge in [-0.05, 0) is 24.3 Å². The van der Waals surface area contributed by atoms with Gasteiger partial charge < -0.3 is 14.4 Å². The van der Waals surface area contributed by atoms with Gasteiger partial charge in [-0.3, -0.25) is 0 Å². The molecule has 3 aromatic rings. The minimum atomic E-state index is -1.43. The van der Waals surface area contributed by atoms with E-state index in [2.05, 4.69) is 10.1 Å². The summed E-state index contributed by atoms with van der Waals surface area (Å²) < 4.78 is 37.6. The lowest BCUT2D eigenvalue weighted by Gasteiger charge is -2.14. The van der Waals surface area contributed by atoms with Gasteiger partial charge in [0.05, 0.1) is 5.56 Å². The van der Waals surface area contributed by atoms with Gasteiger partial charge in [0.1, 0.15) is 30.1 Å². The van der Waals surface area contributed by atoms with Gasteiger partial charge in [-0.2, -0.15) is 4.98 Å². The Morgan fingerprint density at radius 2 is 1.88 bits per heavy atom. The van der Waals surface area contributed by atoms with Crippen LogP contribution < -0.4 is 4.74 Å². The second kappa shape index (κ2) is 6.76. The van der Waals surface area contributed by atoms with E-state index in [0.29, 0.717) is 23.0 Å². The molecule has 0 aliphatic rings. The molecule has 124 valence electrons. The lowest BCUT2D eigenvalue weighted by Crippen LogP contribution is -2.13. The van der Waals surface area contributed by atoms with Crippen molar-refractivity contribution in [3.8, 4) is 17.1 Å². The van der Waals surface area contributed by atoms with E-state index in [9.17, 15) is 13.9 Å². The maximum absolute atomic E-state index is 13.6. The molecule has 0 bridgehead atoms. The van der Waals surface area contributed by atoms with Gasteiger partial charge in [0.2, 0.25) is 11.7 Å². The van der Waals surface area contributed by atoms with Crippen LogP contribution in [0.15, 0.2) is 47.0 Å². The molecule has 5 nitrogen and oxygen atoms in total. The SMILES string of the molecule is Cc1nc(-c2cccc(OCC(O)c3c(F)cccc3F)c2)no1. The van der Waals surface area contributed by atoms with Crippen LogP contribution in [0.4, 0.5) is 8.78 Å². The lowest BCUT2D eigenvalue weighted by atomic mass is 10.1. The van der Waals surface area contributed by atoms with Gasteiger partial charge >= 0.3 is 0 Å². The largest absolute Gasteiger partial charge is 0.491 e. The summed E-state index contributed by atoms with van der Waals surface area (Å²) in [6.07, 6.45) is -1.43. The molecule has 1 N–H and O–H groups in total. The number of aliphatic hydroxyl groups is 1. The van der Waals surface area contributed by atoms with Crippen LogP contribution in [-0.2, 0) is 0 Å². The highest BCUT2D eigenvalue weighted by Gasteiger charge is 2.18. The Kier molecular flexibility index (Phi) is 4.52. The van der Waals surface area contributed by atoms with Crippen molar-refractivity contribution in [1.29, 1.82) is 0 Å². The van der Waals surface area contributed by atoms with E-state index in [1.54, 1.807) is 31.2 Å². The van der Waals surface area contributed by atoms with Gasteiger partial charge in [0.25, 0.3) is 0 Å². The molecule has 2 aromatic carbocycles. The van der Waals surface area contributed by atoms with Gasteiger partial charge in [0, 0.05) is 12.5 Å². The maximum Gasteiger partial charge on any atom is 0.223 e. The number of aliphatic hydroxyl groups excluding tert-OH is 1. The van der Waals surface area contributed by atoms with Crippen molar-refractivity contribution in [3.05, 3.63) is 65.6 Å². The number of hydrogen-bond acceptors (Lipinski definition) is 5. The minimum Gasteiger partial charge on any atom is -0.491 e. The van der Waals surface area contributed by atoms with Crippen LogP contribution in [-0.4, -0.2) is 21.9 Å². The topological polar surface area (TPSA) is 68.4 Å². The second-order valence-electron chi connectivity index (χ2n) is 5.13. The van der Waals surface area contributed by atoms with E-state index in [1.165, 1.54) is 6.07 Å². The number of hydrogen-bond donors (Lipinski definition) is 1. The third kappa shape index (κ3) is 3.41. The molecule has 1 heterocycles. The second-order valence-corrected chi connectivity index (χ2v) is 5.13. The maximum atomic E-state index is 13.6. The molecular weight excluding hydrogens is 318 g/mol. The number of aromatic nitrogens is 2. The highest BCUT2D eigenvalue weighted by molar-refractivity contribution is 5.56. The first-order valence-electron chi connectivity index (χ1n) is 7.20. The van der Waals surface area contributed by atoms with E-state index in [0.717, 1.165) is 12.1 Å². The zero-order valence-electron chi connectivity index (χ0n) is 12.7. The molecule has 0 fully saturated rings. The highest BCUT2D eigenvalue weighted by atomic mass is 19.1. The molecule has 0 aliphatic carbocycles. The highest BCUT2D eigenvalue weighted by Crippen LogP contribution is 2.24. The summed E-state index contributed by atoms with van der Waals surface area (Å²) in [7, 11) is 0. The van der Waals surface area contributed by atoms with Gasteiger partial charge in [-0.25, -0.2) is 8.78 Å². The van der Waals surface area contributed by atoms with Crippen molar-refractivity contribution in [2.45, 2.75) is 13.0 Å². The number of nitrogens with zero attached hydrogens (tertiary/aromatic N) is 2. The zero-order chi connectivity index (χ0) is 17.1. The Bertz CT molecular complexity index is 831. The predicted octanol–water partition coefficient (Wildman–Crippen LogP) is 3.44. The number of rotatable bonds is 5. The number of ether oxygens (including phenoxy) is 1. The van der Waals surface area contributed by atoms with E-state index in [-0.39, 0.29) is 6.61 Å². The fourth-order valence-electron chi connectivity index (χ4n) is 2.23. The molecule has 1 aromatic heterocycles. The molecular formula is C17H14F2N2O3. The number of benzene rings is 2. The molecule has 24 heavy (non-hydrogen) atoms. The van der Waals surface area contributed by atoms with Crippen LogP contribution in [0.5, 0.6) is 5.75 Å². The van der Waals surface area contributed by atoms with Crippen molar-refractivity contribution in [1.82, 2.24) is 10.1 Å². The molecule has 0 radical (unpaired) electrons. The van der Waals surface area contributed by atoms with Crippen molar-refractivity contribution in [2.24, 2.45) is 0 Å². The first-order chi connectivity index (χ1) is 11.5. The van der Waals surface area contributed by atoms with E-state index < -0.39 is 23.3 Å². The first-order valence-corrected chi connectivity index (χ1v) is 7.20. The van der Waals surface area contributed by atoms with Gasteiger partial charge in [-0.1, -0.05) is 23.4 Å². The molecule has 0 saturated heterocycles. The van der Waals surface area contributed by atoms with Crippen molar-refractivity contribution in [2.75, 3.05) is 6.61 Å². The summed E-state index contributed by atoms with van der Waals surface area (Å²) in [6.45, 7) is 1.38. The molecule has 1 atom stereocenters. The smallest absolute Gasteiger partial charge is 0.223 e. The fraction of sp³-hybridized carbons (Fsp3) is 0.176. The Labute approximate surface area is 136 Å². The van der Waals surface area contributed by atoms with Crippen LogP contribution in [0.25, 0.3) is 11.4 Å². The summed E-state index contributed by atoms with van der Waals surface area (Å²) in [6, 6.07) is 10.2. The van der Waals surface area contributed by atoms with Crippen LogP contribution in [0.2, 0.25) is 0 Å². The number of aryl methyl sites for hydroxylation is 1. The first kappa shape index (κ1) is 16.1. The molecule has 0 saturated carbocycles. The number of halogens is 2. The molecule has 0 amide bonds. The summed E-state index contributed by atoms with van der Waals surface area (Å²) >= 11 is 0. The normalized spacial score (nSPS) is 12.2. The fourth-order valence-corrected chi connectivity index (χ4v) is 2.23. The molecule has 7 heteroatoms. The van der Waals surface area contributed by atoms with E-state index in [1.807, 2.05) is 0 Å². The lowest BCUT2D eigenvalue weighted by molar-refractivity contribution is 0.101. The van der Waals surface area contributed by atoms with Gasteiger partial charge in [-0.15, -0.1) is 0 Å². The van der Waals surface area contributed by atoms with Crippen LogP contribution >= 0.6 is 0 Å². The van der Waals surface area contributed by atoms with Crippen molar-refractivity contribution in [3.63, 3.8) is 0 Å². The monoisotopic (exact) mass is 332 g/mol. The summed E-state index contributed by atoms with van der Waals surface area (Å²) in [5.41, 5.74) is 0.248. The standard InChI is InChI=1S/C17H14F2N2O3/c1-10-20-17(21-24-10)11-4-2-5-12(8-11)23-9-15(22)16-13(18)6-3-7-14(16)19/h2-8,15,22H,9H2,1H3. The third-order valence-electron chi connectivity index (χ3n) is 3.36. The average Bonchev–Trinajstić information content (AvgIpc) is 3.00. The molecule has 0 aliphatic heterocycles. The zero-order valence-corrected chi connectivity index (χ0v) is 12.7. The molecule has 3 rings (SSSR count). The summed E-state index contributed by atoms with van der Waals surface area (Å²) in [5.74, 6) is -0.393. The Hall–Kier alpha value is -2.80. The summed E-state index contributed by atoms with van der Waals surface area (Å²) in [4.78, 5) is 4.11. The Balaban J connectivity index is 1.73. The van der Waals surface area contributed by atoms with Crippen LogP contribution in [0.1, 0.15) is 17.6 Å².